The van der Waals surface area contributed by atoms with E-state index in [-0.39, 0.29) is 29.1 Å². The average Bonchev–Trinajstić information content (AvgIpc) is 2.83. The summed E-state index contributed by atoms with van der Waals surface area (Å²) < 4.78 is 103. The molecule has 3 aromatic rings. The number of halogens is 5. The molecule has 0 unspecified atom stereocenters. The molecular formula is C24H19F5N2O5. The molecule has 36 heavy (non-hydrogen) atoms. The van der Waals surface area contributed by atoms with Gasteiger partial charge in [-0.3, -0.25) is 14.6 Å². The van der Waals surface area contributed by atoms with Gasteiger partial charge in [-0.1, -0.05) is 13.0 Å². The van der Waals surface area contributed by atoms with Gasteiger partial charge in [0.25, 0.3) is 5.91 Å². The van der Waals surface area contributed by atoms with Crippen LogP contribution in [0, 0.1) is 18.6 Å². The van der Waals surface area contributed by atoms with E-state index in [0.29, 0.717) is 12.1 Å². The second-order valence-electron chi connectivity index (χ2n) is 7.19. The monoisotopic (exact) mass is 513 g/mol. The molecule has 1 N–H and O–H groups in total. The summed E-state index contributed by atoms with van der Waals surface area (Å²) in [5.74, 6) is -8.42. The van der Waals surface area contributed by atoms with Gasteiger partial charge in [0.15, 0.2) is 17.3 Å². The predicted molar refractivity (Wildman–Crippen MR) is 118 cm³/mol. The summed E-state index contributed by atoms with van der Waals surface area (Å²) in [6, 6.07) is 6.05. The lowest BCUT2D eigenvalue weighted by Gasteiger charge is -2.17. The van der Waals surface area contributed by atoms with Crippen molar-refractivity contribution in [3.63, 3.8) is 0 Å². The Balaban J connectivity index is 2.05. The summed E-state index contributed by atoms with van der Waals surface area (Å²) >= 11 is 0. The molecule has 0 fully saturated rings. The third-order valence-corrected chi connectivity index (χ3v) is 4.72. The van der Waals surface area contributed by atoms with Crippen LogP contribution >= 0.6 is 0 Å². The third-order valence-electron chi connectivity index (χ3n) is 4.72. The molecular weight excluding hydrogens is 491 g/mol. The molecule has 0 saturated carbocycles. The molecule has 2 aromatic carbocycles. The van der Waals surface area contributed by atoms with E-state index in [1.807, 2.05) is 0 Å². The number of amides is 1. The molecule has 0 spiro atoms. The lowest BCUT2D eigenvalue weighted by atomic mass is 10.1. The van der Waals surface area contributed by atoms with Crippen LogP contribution in [0.25, 0.3) is 0 Å². The van der Waals surface area contributed by atoms with Gasteiger partial charge in [0.1, 0.15) is 22.8 Å². The SMILES string of the molecule is [2H]C([2H])([2H])Oc1c(Oc2ccc(C)c(F)c2C(=O)Nc2ccnc(C(=O)CC)c2)ccc(OC(F)(F)F)c1F. The molecule has 1 amide bonds. The van der Waals surface area contributed by atoms with Crippen LogP contribution in [-0.4, -0.2) is 30.1 Å². The van der Waals surface area contributed by atoms with Crippen LogP contribution in [0.4, 0.5) is 27.6 Å². The van der Waals surface area contributed by atoms with Crippen molar-refractivity contribution in [1.82, 2.24) is 4.98 Å². The second kappa shape index (κ2) is 10.6. The first-order valence-corrected chi connectivity index (χ1v) is 10.1. The summed E-state index contributed by atoms with van der Waals surface area (Å²) in [7, 11) is -3.34. The van der Waals surface area contributed by atoms with Crippen LogP contribution in [0.3, 0.4) is 0 Å². The normalized spacial score (nSPS) is 12.7. The third kappa shape index (κ3) is 5.88. The summed E-state index contributed by atoms with van der Waals surface area (Å²) in [4.78, 5) is 28.9. The number of aromatic nitrogens is 1. The van der Waals surface area contributed by atoms with Crippen molar-refractivity contribution in [2.45, 2.75) is 26.6 Å². The Kier molecular flexibility index (Phi) is 6.54. The van der Waals surface area contributed by atoms with E-state index in [1.165, 1.54) is 31.3 Å². The molecule has 3 rings (SSSR count). The Morgan fingerprint density at radius 1 is 1.06 bits per heavy atom. The smallest absolute Gasteiger partial charge is 0.490 e. The van der Waals surface area contributed by atoms with E-state index in [1.54, 1.807) is 6.92 Å². The lowest BCUT2D eigenvalue weighted by Crippen LogP contribution is -2.18. The van der Waals surface area contributed by atoms with E-state index in [9.17, 15) is 27.2 Å². The number of hydrogen-bond donors (Lipinski definition) is 1. The highest BCUT2D eigenvalue weighted by Gasteiger charge is 2.34. The zero-order valence-electron chi connectivity index (χ0n) is 21.6. The molecule has 0 atom stereocenters. The van der Waals surface area contributed by atoms with Gasteiger partial charge >= 0.3 is 6.36 Å². The van der Waals surface area contributed by atoms with E-state index in [2.05, 4.69) is 19.8 Å². The largest absolute Gasteiger partial charge is 0.573 e. The van der Waals surface area contributed by atoms with Crippen molar-refractivity contribution in [1.29, 1.82) is 0 Å². The summed E-state index contributed by atoms with van der Waals surface area (Å²) in [5, 5.41) is 2.38. The molecule has 12 heteroatoms. The van der Waals surface area contributed by atoms with Gasteiger partial charge in [0, 0.05) is 18.3 Å². The number of carbonyl (C=O) groups is 2. The maximum Gasteiger partial charge on any atom is 0.573 e. The van der Waals surface area contributed by atoms with Gasteiger partial charge in [-0.05, 0) is 42.8 Å². The Hall–Kier alpha value is -4.22. The minimum atomic E-state index is -5.32. The fraction of sp³-hybridized carbons (Fsp3) is 0.208. The van der Waals surface area contributed by atoms with Crippen molar-refractivity contribution in [2.75, 3.05) is 12.4 Å². The first kappa shape index (κ1) is 22.3. The predicted octanol–water partition coefficient (Wildman–Crippen LogP) is 6.21. The highest BCUT2D eigenvalue weighted by Crippen LogP contribution is 2.41. The van der Waals surface area contributed by atoms with Crippen molar-refractivity contribution in [3.05, 3.63) is 71.1 Å². The van der Waals surface area contributed by atoms with Crippen molar-refractivity contribution < 1.29 is 49.9 Å². The van der Waals surface area contributed by atoms with Gasteiger partial charge in [0.05, 0.1) is 11.2 Å². The summed E-state index contributed by atoms with van der Waals surface area (Å²) in [5.41, 5.74) is -0.612. The zero-order valence-corrected chi connectivity index (χ0v) is 18.6. The maximum atomic E-state index is 15.1. The highest BCUT2D eigenvalue weighted by atomic mass is 19.4. The number of anilines is 1. The Morgan fingerprint density at radius 3 is 2.42 bits per heavy atom. The minimum Gasteiger partial charge on any atom is -0.490 e. The molecule has 0 bridgehead atoms. The number of nitrogens with zero attached hydrogens (tertiary/aromatic N) is 1. The lowest BCUT2D eigenvalue weighted by molar-refractivity contribution is -0.275. The van der Waals surface area contributed by atoms with E-state index in [0.717, 1.165) is 6.07 Å². The number of hydrogen-bond acceptors (Lipinski definition) is 6. The highest BCUT2D eigenvalue weighted by molar-refractivity contribution is 6.07. The van der Waals surface area contributed by atoms with E-state index in [4.69, 9.17) is 8.85 Å². The average molecular weight is 513 g/mol. The number of pyridine rings is 1. The zero-order chi connectivity index (χ0) is 29.1. The molecule has 1 heterocycles. The number of benzene rings is 2. The number of carbonyl (C=O) groups excluding carboxylic acids is 2. The topological polar surface area (TPSA) is 86.8 Å². The van der Waals surface area contributed by atoms with Crippen LogP contribution in [-0.2, 0) is 0 Å². The fourth-order valence-electron chi connectivity index (χ4n) is 3.01. The van der Waals surface area contributed by atoms with Crippen LogP contribution < -0.4 is 19.5 Å². The number of ketones is 1. The van der Waals surface area contributed by atoms with Crippen LogP contribution in [0.1, 0.15) is 43.9 Å². The molecule has 0 saturated heterocycles. The number of ether oxygens (including phenoxy) is 3. The Bertz CT molecular complexity index is 1410. The quantitative estimate of drug-likeness (QED) is 0.285. The van der Waals surface area contributed by atoms with Crippen molar-refractivity contribution in [3.8, 4) is 23.0 Å². The van der Waals surface area contributed by atoms with E-state index >= 15 is 4.39 Å². The number of methoxy groups -OCH3 is 1. The minimum absolute atomic E-state index is 0.0110. The Morgan fingerprint density at radius 2 is 1.75 bits per heavy atom. The number of rotatable bonds is 8. The first-order valence-electron chi connectivity index (χ1n) is 11.6. The van der Waals surface area contributed by atoms with Crippen LogP contribution in [0.5, 0.6) is 23.0 Å². The van der Waals surface area contributed by atoms with Gasteiger partial charge in [-0.25, -0.2) is 4.39 Å². The van der Waals surface area contributed by atoms with Crippen molar-refractivity contribution >= 4 is 17.4 Å². The molecule has 0 aliphatic rings. The van der Waals surface area contributed by atoms with E-state index < -0.39 is 59.5 Å². The molecule has 0 radical (unpaired) electrons. The number of nitrogens with one attached hydrogen (secondary N) is 1. The standard InChI is InChI=1S/C24H19F5N2O5/c1-4-15(32)14-11-13(9-10-30-14)31-23(33)19-16(6-5-12(2)20(19)25)35-18-8-7-17(36-24(27,28)29)21(26)22(18)34-3/h5-11H,4H2,1-3H3,(H,30,31,33)/i3D3. The number of aryl methyl sites for hydroxylation is 1. The van der Waals surface area contributed by atoms with Gasteiger partial charge in [-0.2, -0.15) is 4.39 Å². The Labute approximate surface area is 206 Å². The molecule has 0 aliphatic heterocycles. The van der Waals surface area contributed by atoms with Gasteiger partial charge in [0.2, 0.25) is 11.6 Å². The molecule has 190 valence electrons. The summed E-state index contributed by atoms with van der Waals surface area (Å²) in [6.45, 7) is 2.93. The summed E-state index contributed by atoms with van der Waals surface area (Å²) in [6.07, 6.45) is -3.94. The molecule has 0 aliphatic carbocycles. The fourth-order valence-corrected chi connectivity index (χ4v) is 3.01. The first-order chi connectivity index (χ1) is 18.1. The number of Topliss-reactive ketones (excluding diaryl/α,β-unsaturated/α-hetero) is 1. The maximum absolute atomic E-state index is 15.1. The number of alkyl halides is 3. The van der Waals surface area contributed by atoms with Gasteiger partial charge in [-0.15, -0.1) is 13.2 Å². The second-order valence-corrected chi connectivity index (χ2v) is 7.19. The van der Waals surface area contributed by atoms with Crippen LogP contribution in [0.2, 0.25) is 0 Å². The van der Waals surface area contributed by atoms with Gasteiger partial charge < -0.3 is 19.5 Å². The van der Waals surface area contributed by atoms with Crippen LogP contribution in [0.15, 0.2) is 42.6 Å². The molecule has 7 nitrogen and oxygen atoms in total. The molecule has 1 aromatic heterocycles. The van der Waals surface area contributed by atoms with Crippen molar-refractivity contribution in [2.24, 2.45) is 0 Å².